The summed E-state index contributed by atoms with van der Waals surface area (Å²) < 4.78 is 1.55. The van der Waals surface area contributed by atoms with E-state index in [2.05, 4.69) is 15.5 Å². The van der Waals surface area contributed by atoms with Gasteiger partial charge in [0.05, 0.1) is 11.3 Å². The SMILES string of the molecule is Cc1ccc(-n2nnnc2/C(=C/N(C)C)C(=O)c2cccc(Cl)c2)cc1. The van der Waals surface area contributed by atoms with Gasteiger partial charge in [0, 0.05) is 30.9 Å². The lowest BCUT2D eigenvalue weighted by atomic mass is 10.0. The molecule has 2 aromatic carbocycles. The summed E-state index contributed by atoms with van der Waals surface area (Å²) >= 11 is 6.04. The number of Topliss-reactive ketones (excluding diaryl/α,β-unsaturated/α-hetero) is 1. The van der Waals surface area contributed by atoms with Crippen molar-refractivity contribution in [3.05, 3.63) is 76.7 Å². The highest BCUT2D eigenvalue weighted by Crippen LogP contribution is 2.22. The first-order chi connectivity index (χ1) is 12.5. The number of nitrogens with zero attached hydrogens (tertiary/aromatic N) is 5. The number of hydrogen-bond donors (Lipinski definition) is 0. The minimum atomic E-state index is -0.204. The van der Waals surface area contributed by atoms with Gasteiger partial charge in [-0.25, -0.2) is 0 Å². The molecule has 0 aliphatic rings. The van der Waals surface area contributed by atoms with Crippen LogP contribution in [-0.2, 0) is 0 Å². The normalized spacial score (nSPS) is 11.5. The molecule has 0 unspecified atom stereocenters. The van der Waals surface area contributed by atoms with Crippen LogP contribution in [0.4, 0.5) is 0 Å². The van der Waals surface area contributed by atoms with Crippen LogP contribution < -0.4 is 0 Å². The number of carbonyl (C=O) groups excluding carboxylic acids is 1. The number of allylic oxidation sites excluding steroid dienone is 1. The Morgan fingerprint density at radius 1 is 1.15 bits per heavy atom. The van der Waals surface area contributed by atoms with Crippen LogP contribution in [0.2, 0.25) is 5.02 Å². The summed E-state index contributed by atoms with van der Waals surface area (Å²) in [5, 5.41) is 12.4. The summed E-state index contributed by atoms with van der Waals surface area (Å²) in [6.07, 6.45) is 1.71. The molecule has 0 saturated carbocycles. The lowest BCUT2D eigenvalue weighted by Gasteiger charge is -2.12. The largest absolute Gasteiger partial charge is 0.383 e. The van der Waals surface area contributed by atoms with Crippen molar-refractivity contribution in [3.8, 4) is 5.69 Å². The lowest BCUT2D eigenvalue weighted by molar-refractivity contribution is 0.105. The Labute approximate surface area is 156 Å². The van der Waals surface area contributed by atoms with Gasteiger partial charge < -0.3 is 4.90 Å². The molecule has 0 saturated heterocycles. The number of carbonyl (C=O) groups is 1. The van der Waals surface area contributed by atoms with Crippen LogP contribution in [0.3, 0.4) is 0 Å². The molecule has 3 aromatic rings. The third kappa shape index (κ3) is 3.81. The summed E-state index contributed by atoms with van der Waals surface area (Å²) in [4.78, 5) is 14.9. The number of aromatic nitrogens is 4. The first kappa shape index (κ1) is 17.8. The molecule has 0 amide bonds. The van der Waals surface area contributed by atoms with E-state index in [4.69, 9.17) is 11.6 Å². The standard InChI is InChI=1S/C19H18ClN5O/c1-13-7-9-16(10-8-13)25-19(21-22-23-25)17(12-24(2)3)18(26)14-5-4-6-15(20)11-14/h4-12H,1-3H3/b17-12+. The van der Waals surface area contributed by atoms with Gasteiger partial charge in [-0.1, -0.05) is 41.4 Å². The number of ketones is 1. The fourth-order valence-electron chi connectivity index (χ4n) is 2.48. The minimum Gasteiger partial charge on any atom is -0.383 e. The summed E-state index contributed by atoms with van der Waals surface area (Å²) in [6.45, 7) is 2.00. The van der Waals surface area contributed by atoms with Crippen molar-refractivity contribution in [1.29, 1.82) is 0 Å². The van der Waals surface area contributed by atoms with E-state index in [9.17, 15) is 4.79 Å². The van der Waals surface area contributed by atoms with E-state index in [0.717, 1.165) is 11.3 Å². The number of rotatable bonds is 5. The van der Waals surface area contributed by atoms with Crippen molar-refractivity contribution in [1.82, 2.24) is 25.1 Å². The molecule has 0 bridgehead atoms. The van der Waals surface area contributed by atoms with E-state index in [1.54, 1.807) is 40.0 Å². The molecule has 0 aliphatic carbocycles. The molecule has 26 heavy (non-hydrogen) atoms. The highest BCUT2D eigenvalue weighted by molar-refractivity contribution is 6.32. The quantitative estimate of drug-likeness (QED) is 0.510. The Morgan fingerprint density at radius 3 is 2.54 bits per heavy atom. The third-order valence-electron chi connectivity index (χ3n) is 3.71. The molecular formula is C19H18ClN5O. The van der Waals surface area contributed by atoms with Crippen LogP contribution in [-0.4, -0.2) is 45.0 Å². The fourth-order valence-corrected chi connectivity index (χ4v) is 2.67. The average Bonchev–Trinajstić information content (AvgIpc) is 3.09. The molecule has 0 aliphatic heterocycles. The van der Waals surface area contributed by atoms with Crippen LogP contribution in [0.5, 0.6) is 0 Å². The molecular weight excluding hydrogens is 350 g/mol. The highest BCUT2D eigenvalue weighted by Gasteiger charge is 2.22. The first-order valence-electron chi connectivity index (χ1n) is 8.00. The molecule has 1 aromatic heterocycles. The first-order valence-corrected chi connectivity index (χ1v) is 8.38. The van der Waals surface area contributed by atoms with Crippen molar-refractivity contribution in [2.24, 2.45) is 0 Å². The molecule has 1 heterocycles. The smallest absolute Gasteiger partial charge is 0.198 e. The predicted octanol–water partition coefficient (Wildman–Crippen LogP) is 3.41. The Hall–Kier alpha value is -2.99. The lowest BCUT2D eigenvalue weighted by Crippen LogP contribution is -2.13. The van der Waals surface area contributed by atoms with Crippen LogP contribution in [0.15, 0.2) is 54.7 Å². The maximum Gasteiger partial charge on any atom is 0.198 e. The number of hydrogen-bond acceptors (Lipinski definition) is 5. The van der Waals surface area contributed by atoms with Crippen LogP contribution in [0.1, 0.15) is 21.7 Å². The molecule has 0 N–H and O–H groups in total. The zero-order valence-electron chi connectivity index (χ0n) is 14.7. The summed E-state index contributed by atoms with van der Waals surface area (Å²) in [7, 11) is 3.68. The van der Waals surface area contributed by atoms with Gasteiger partial charge in [0.25, 0.3) is 0 Å². The third-order valence-corrected chi connectivity index (χ3v) is 3.94. The summed E-state index contributed by atoms with van der Waals surface area (Å²) in [5.74, 6) is 0.164. The zero-order valence-corrected chi connectivity index (χ0v) is 15.5. The summed E-state index contributed by atoms with van der Waals surface area (Å²) in [6, 6.07) is 14.6. The second-order valence-electron chi connectivity index (χ2n) is 6.10. The van der Waals surface area contributed by atoms with Crippen molar-refractivity contribution in [2.45, 2.75) is 6.92 Å². The highest BCUT2D eigenvalue weighted by atomic mass is 35.5. The minimum absolute atomic E-state index is 0.204. The van der Waals surface area contributed by atoms with E-state index >= 15 is 0 Å². The van der Waals surface area contributed by atoms with Gasteiger partial charge in [-0.2, -0.15) is 4.68 Å². The molecule has 3 rings (SSSR count). The van der Waals surface area contributed by atoms with Gasteiger partial charge >= 0.3 is 0 Å². The molecule has 0 fully saturated rings. The van der Waals surface area contributed by atoms with Crippen molar-refractivity contribution in [3.63, 3.8) is 0 Å². The van der Waals surface area contributed by atoms with Crippen LogP contribution in [0, 0.1) is 6.92 Å². The molecule has 0 spiro atoms. The Balaban J connectivity index is 2.09. The maximum atomic E-state index is 13.1. The number of tetrazole rings is 1. The monoisotopic (exact) mass is 367 g/mol. The summed E-state index contributed by atoms with van der Waals surface area (Å²) in [5.41, 5.74) is 2.76. The zero-order chi connectivity index (χ0) is 18.7. The van der Waals surface area contributed by atoms with Gasteiger partial charge in [0.1, 0.15) is 0 Å². The average molecular weight is 368 g/mol. The van der Waals surface area contributed by atoms with E-state index in [-0.39, 0.29) is 5.78 Å². The molecule has 6 nitrogen and oxygen atoms in total. The van der Waals surface area contributed by atoms with Crippen molar-refractivity contribution in [2.75, 3.05) is 14.1 Å². The Morgan fingerprint density at radius 2 is 1.88 bits per heavy atom. The van der Waals surface area contributed by atoms with Crippen molar-refractivity contribution < 1.29 is 4.79 Å². The van der Waals surface area contributed by atoms with Gasteiger partial charge in [0.2, 0.25) is 0 Å². The predicted molar refractivity (Wildman–Crippen MR) is 101 cm³/mol. The Bertz CT molecular complexity index is 960. The van der Waals surface area contributed by atoms with Gasteiger partial charge in [-0.05, 0) is 41.6 Å². The molecule has 0 radical (unpaired) electrons. The molecule has 0 atom stereocenters. The van der Waals surface area contributed by atoms with E-state index in [1.165, 1.54) is 0 Å². The Kier molecular flexibility index (Phi) is 5.14. The van der Waals surface area contributed by atoms with Crippen LogP contribution >= 0.6 is 11.6 Å². The number of benzene rings is 2. The fraction of sp³-hybridized carbons (Fsp3) is 0.158. The topological polar surface area (TPSA) is 63.9 Å². The van der Waals surface area contributed by atoms with Crippen molar-refractivity contribution >= 4 is 23.0 Å². The number of aryl methyl sites for hydroxylation is 1. The second-order valence-corrected chi connectivity index (χ2v) is 6.53. The van der Waals surface area contributed by atoms with Gasteiger partial charge in [-0.3, -0.25) is 4.79 Å². The second kappa shape index (κ2) is 7.49. The van der Waals surface area contributed by atoms with Gasteiger partial charge in [-0.15, -0.1) is 5.10 Å². The van der Waals surface area contributed by atoms with E-state index in [0.29, 0.717) is 22.0 Å². The van der Waals surface area contributed by atoms with E-state index in [1.807, 2.05) is 45.3 Å². The van der Waals surface area contributed by atoms with E-state index < -0.39 is 0 Å². The maximum absolute atomic E-state index is 13.1. The molecule has 132 valence electrons. The van der Waals surface area contributed by atoms with Gasteiger partial charge in [0.15, 0.2) is 11.6 Å². The molecule has 7 heteroatoms. The van der Waals surface area contributed by atoms with Crippen LogP contribution in [0.25, 0.3) is 11.3 Å². The number of halogens is 1.